The molecular formula is C17H28BrN3. The first kappa shape index (κ1) is 16.9. The molecule has 1 aliphatic heterocycles. The van der Waals surface area contributed by atoms with Gasteiger partial charge in [-0.15, -0.1) is 0 Å². The fourth-order valence-corrected chi connectivity index (χ4v) is 3.36. The summed E-state index contributed by atoms with van der Waals surface area (Å²) >= 11 is 3.62. The SMILES string of the molecule is CC(C)C(CNCc1ccccc1Br)N1CCN(C)CC1. The van der Waals surface area contributed by atoms with Crippen LogP contribution in [0.2, 0.25) is 0 Å². The Kier molecular flexibility index (Phi) is 6.68. The number of hydrogen-bond donors (Lipinski definition) is 1. The number of benzene rings is 1. The quantitative estimate of drug-likeness (QED) is 0.848. The number of piperazine rings is 1. The number of rotatable bonds is 6. The van der Waals surface area contributed by atoms with E-state index in [9.17, 15) is 0 Å². The van der Waals surface area contributed by atoms with Crippen LogP contribution >= 0.6 is 15.9 Å². The van der Waals surface area contributed by atoms with Crippen LogP contribution in [0, 0.1) is 5.92 Å². The van der Waals surface area contributed by atoms with Gasteiger partial charge in [0.1, 0.15) is 0 Å². The number of halogens is 1. The van der Waals surface area contributed by atoms with Crippen molar-refractivity contribution in [2.45, 2.75) is 26.4 Å². The molecule has 1 unspecified atom stereocenters. The highest BCUT2D eigenvalue weighted by Crippen LogP contribution is 2.16. The Morgan fingerprint density at radius 2 is 1.81 bits per heavy atom. The van der Waals surface area contributed by atoms with E-state index in [2.05, 4.69) is 76.2 Å². The van der Waals surface area contributed by atoms with Gasteiger partial charge in [0.25, 0.3) is 0 Å². The van der Waals surface area contributed by atoms with Gasteiger partial charge in [-0.3, -0.25) is 4.90 Å². The van der Waals surface area contributed by atoms with E-state index in [4.69, 9.17) is 0 Å². The molecule has 1 fully saturated rings. The molecule has 0 aliphatic carbocycles. The number of likely N-dealkylation sites (N-methyl/N-ethyl adjacent to an activating group) is 1. The average molecular weight is 354 g/mol. The molecule has 3 nitrogen and oxygen atoms in total. The second-order valence-electron chi connectivity index (χ2n) is 6.37. The van der Waals surface area contributed by atoms with Crippen LogP contribution in [0.25, 0.3) is 0 Å². The fourth-order valence-electron chi connectivity index (χ4n) is 2.94. The standard InChI is InChI=1S/C17H28BrN3/c1-14(2)17(21-10-8-20(3)9-11-21)13-19-12-15-6-4-5-7-16(15)18/h4-7,14,17,19H,8-13H2,1-3H3. The van der Waals surface area contributed by atoms with Crippen molar-refractivity contribution in [3.63, 3.8) is 0 Å². The van der Waals surface area contributed by atoms with Gasteiger partial charge < -0.3 is 10.2 Å². The highest BCUT2D eigenvalue weighted by atomic mass is 79.9. The number of nitrogens with zero attached hydrogens (tertiary/aromatic N) is 2. The maximum absolute atomic E-state index is 3.65. The zero-order chi connectivity index (χ0) is 15.2. The Bertz CT molecular complexity index is 428. The molecule has 21 heavy (non-hydrogen) atoms. The zero-order valence-electron chi connectivity index (χ0n) is 13.5. The normalized spacial score (nSPS) is 19.1. The van der Waals surface area contributed by atoms with E-state index in [1.807, 2.05) is 0 Å². The highest BCUT2D eigenvalue weighted by Gasteiger charge is 2.24. The van der Waals surface area contributed by atoms with Gasteiger partial charge in [-0.2, -0.15) is 0 Å². The molecule has 4 heteroatoms. The van der Waals surface area contributed by atoms with Crippen molar-refractivity contribution < 1.29 is 0 Å². The van der Waals surface area contributed by atoms with Gasteiger partial charge in [0.05, 0.1) is 0 Å². The molecule has 0 amide bonds. The molecule has 0 bridgehead atoms. The molecule has 1 aliphatic rings. The van der Waals surface area contributed by atoms with Gasteiger partial charge in [0.2, 0.25) is 0 Å². The number of nitrogens with one attached hydrogen (secondary N) is 1. The van der Waals surface area contributed by atoms with Crippen molar-refractivity contribution in [2.75, 3.05) is 39.8 Å². The summed E-state index contributed by atoms with van der Waals surface area (Å²) in [5.41, 5.74) is 1.33. The van der Waals surface area contributed by atoms with E-state index < -0.39 is 0 Å². The molecule has 0 saturated carbocycles. The van der Waals surface area contributed by atoms with Crippen molar-refractivity contribution in [2.24, 2.45) is 5.92 Å². The number of hydrogen-bond acceptors (Lipinski definition) is 3. The third-order valence-corrected chi connectivity index (χ3v) is 5.18. The lowest BCUT2D eigenvalue weighted by molar-refractivity contribution is 0.0875. The molecule has 0 spiro atoms. The van der Waals surface area contributed by atoms with Crippen molar-refractivity contribution in [3.8, 4) is 0 Å². The first-order chi connectivity index (χ1) is 10.1. The zero-order valence-corrected chi connectivity index (χ0v) is 15.1. The predicted octanol–water partition coefficient (Wildman–Crippen LogP) is 2.81. The monoisotopic (exact) mass is 353 g/mol. The van der Waals surface area contributed by atoms with Gasteiger partial charge in [0, 0.05) is 49.8 Å². The highest BCUT2D eigenvalue weighted by molar-refractivity contribution is 9.10. The molecule has 118 valence electrons. The van der Waals surface area contributed by atoms with Gasteiger partial charge in [-0.25, -0.2) is 0 Å². The lowest BCUT2D eigenvalue weighted by atomic mass is 10.0. The van der Waals surface area contributed by atoms with Crippen molar-refractivity contribution in [1.82, 2.24) is 15.1 Å². The van der Waals surface area contributed by atoms with E-state index in [-0.39, 0.29) is 0 Å². The molecule has 1 saturated heterocycles. The lowest BCUT2D eigenvalue weighted by Crippen LogP contribution is -2.53. The van der Waals surface area contributed by atoms with Crippen LogP contribution in [-0.4, -0.2) is 55.6 Å². The molecular weight excluding hydrogens is 326 g/mol. The summed E-state index contributed by atoms with van der Waals surface area (Å²) in [6.45, 7) is 11.4. The first-order valence-electron chi connectivity index (χ1n) is 7.94. The minimum absolute atomic E-state index is 0.626. The summed E-state index contributed by atoms with van der Waals surface area (Å²) in [5.74, 6) is 0.681. The minimum atomic E-state index is 0.626. The first-order valence-corrected chi connectivity index (χ1v) is 8.74. The third kappa shape index (κ3) is 5.06. The third-order valence-electron chi connectivity index (χ3n) is 4.40. The van der Waals surface area contributed by atoms with Crippen LogP contribution in [0.15, 0.2) is 28.7 Å². The Balaban J connectivity index is 1.84. The summed E-state index contributed by atoms with van der Waals surface area (Å²) in [4.78, 5) is 5.07. The van der Waals surface area contributed by atoms with Crippen LogP contribution in [-0.2, 0) is 6.54 Å². The second kappa shape index (κ2) is 8.28. The van der Waals surface area contributed by atoms with Gasteiger partial charge in [-0.05, 0) is 24.6 Å². The molecule has 1 heterocycles. The molecule has 1 aromatic carbocycles. The van der Waals surface area contributed by atoms with Crippen LogP contribution in [0.3, 0.4) is 0 Å². The molecule has 1 aromatic rings. The summed E-state index contributed by atoms with van der Waals surface area (Å²) in [7, 11) is 2.22. The van der Waals surface area contributed by atoms with Crippen LogP contribution in [0.1, 0.15) is 19.4 Å². The molecule has 0 aromatic heterocycles. The van der Waals surface area contributed by atoms with E-state index in [0.29, 0.717) is 12.0 Å². The van der Waals surface area contributed by atoms with Crippen molar-refractivity contribution in [3.05, 3.63) is 34.3 Å². The minimum Gasteiger partial charge on any atom is -0.311 e. The Labute approximate surface area is 137 Å². The summed E-state index contributed by atoms with van der Waals surface area (Å²) in [6, 6.07) is 9.08. The van der Waals surface area contributed by atoms with Crippen LogP contribution in [0.4, 0.5) is 0 Å². The lowest BCUT2D eigenvalue weighted by Gasteiger charge is -2.40. The molecule has 0 radical (unpaired) electrons. The van der Waals surface area contributed by atoms with Crippen molar-refractivity contribution >= 4 is 15.9 Å². The van der Waals surface area contributed by atoms with Gasteiger partial charge in [-0.1, -0.05) is 48.0 Å². The van der Waals surface area contributed by atoms with Gasteiger partial charge in [0.15, 0.2) is 0 Å². The summed E-state index contributed by atoms with van der Waals surface area (Å²) in [6.07, 6.45) is 0. The Hall–Kier alpha value is -0.420. The van der Waals surface area contributed by atoms with Crippen LogP contribution in [0.5, 0.6) is 0 Å². The molecule has 2 rings (SSSR count). The van der Waals surface area contributed by atoms with E-state index in [1.165, 1.54) is 36.2 Å². The summed E-state index contributed by atoms with van der Waals surface area (Å²) < 4.78 is 1.19. The average Bonchev–Trinajstić information content (AvgIpc) is 2.46. The van der Waals surface area contributed by atoms with Gasteiger partial charge >= 0.3 is 0 Å². The van der Waals surface area contributed by atoms with Crippen molar-refractivity contribution in [1.29, 1.82) is 0 Å². The predicted molar refractivity (Wildman–Crippen MR) is 93.5 cm³/mol. The molecule has 1 atom stereocenters. The van der Waals surface area contributed by atoms with E-state index >= 15 is 0 Å². The smallest absolute Gasteiger partial charge is 0.0244 e. The van der Waals surface area contributed by atoms with Crippen LogP contribution < -0.4 is 5.32 Å². The second-order valence-corrected chi connectivity index (χ2v) is 7.23. The molecule has 1 N–H and O–H groups in total. The topological polar surface area (TPSA) is 18.5 Å². The summed E-state index contributed by atoms with van der Waals surface area (Å²) in [5, 5.41) is 3.65. The van der Waals surface area contributed by atoms with E-state index in [0.717, 1.165) is 13.1 Å². The largest absolute Gasteiger partial charge is 0.311 e. The van der Waals surface area contributed by atoms with E-state index in [1.54, 1.807) is 0 Å². The maximum Gasteiger partial charge on any atom is 0.0244 e. The maximum atomic E-state index is 3.65. The Morgan fingerprint density at radius 3 is 2.43 bits per heavy atom. The Morgan fingerprint density at radius 1 is 1.14 bits per heavy atom. The fraction of sp³-hybridized carbons (Fsp3) is 0.647.